The van der Waals surface area contributed by atoms with Gasteiger partial charge in [-0.05, 0) is 39.2 Å². The van der Waals surface area contributed by atoms with Gasteiger partial charge in [0.1, 0.15) is 0 Å². The minimum Gasteiger partial charge on any atom is -0.481 e. The maximum atomic E-state index is 10.9. The molecule has 0 aromatic carbocycles. The van der Waals surface area contributed by atoms with Crippen LogP contribution in [-0.4, -0.2) is 47.3 Å². The van der Waals surface area contributed by atoms with Crippen molar-refractivity contribution in [1.29, 1.82) is 0 Å². The molecule has 0 aliphatic carbocycles. The summed E-state index contributed by atoms with van der Waals surface area (Å²) < 4.78 is 5.57. The van der Waals surface area contributed by atoms with E-state index in [0.717, 1.165) is 32.4 Å². The lowest BCUT2D eigenvalue weighted by Gasteiger charge is -2.43. The van der Waals surface area contributed by atoms with E-state index in [2.05, 4.69) is 11.8 Å². The number of rotatable bonds is 3. The van der Waals surface area contributed by atoms with Crippen LogP contribution in [0.25, 0.3) is 0 Å². The van der Waals surface area contributed by atoms with Gasteiger partial charge in [0.2, 0.25) is 0 Å². The molecule has 0 bridgehead atoms. The van der Waals surface area contributed by atoms with Gasteiger partial charge < -0.3 is 9.84 Å². The van der Waals surface area contributed by atoms with Gasteiger partial charge in [-0.3, -0.25) is 9.69 Å². The third kappa shape index (κ3) is 3.42. The Morgan fingerprint density at radius 1 is 1.41 bits per heavy atom. The van der Waals surface area contributed by atoms with Gasteiger partial charge >= 0.3 is 5.97 Å². The summed E-state index contributed by atoms with van der Waals surface area (Å²) in [6.45, 7) is 4.00. The van der Waals surface area contributed by atoms with Crippen molar-refractivity contribution in [3.05, 3.63) is 0 Å². The number of aliphatic carboxylic acids is 1. The number of piperidine rings is 1. The Bertz CT molecular complexity index is 269. The third-order valence-electron chi connectivity index (χ3n) is 4.01. The second kappa shape index (κ2) is 5.83. The molecule has 17 heavy (non-hydrogen) atoms. The Balaban J connectivity index is 1.97. The van der Waals surface area contributed by atoms with Gasteiger partial charge in [0.25, 0.3) is 0 Å². The largest absolute Gasteiger partial charge is 0.481 e. The second-order valence-electron chi connectivity index (χ2n) is 5.34. The van der Waals surface area contributed by atoms with Crippen LogP contribution >= 0.6 is 0 Å². The van der Waals surface area contributed by atoms with E-state index in [1.165, 1.54) is 12.8 Å². The smallest absolute Gasteiger partial charge is 0.304 e. The molecule has 0 aromatic rings. The maximum Gasteiger partial charge on any atom is 0.304 e. The normalized spacial score (nSPS) is 35.7. The highest BCUT2D eigenvalue weighted by Crippen LogP contribution is 2.28. The predicted octanol–water partition coefficient (Wildman–Crippen LogP) is 1.88. The zero-order chi connectivity index (χ0) is 12.3. The zero-order valence-electron chi connectivity index (χ0n) is 10.6. The summed E-state index contributed by atoms with van der Waals surface area (Å²) in [4.78, 5) is 13.3. The molecule has 2 aliphatic heterocycles. The Morgan fingerprint density at radius 3 is 2.94 bits per heavy atom. The van der Waals surface area contributed by atoms with E-state index in [4.69, 9.17) is 9.84 Å². The summed E-state index contributed by atoms with van der Waals surface area (Å²) in [5.74, 6) is -0.665. The molecule has 2 heterocycles. The molecule has 98 valence electrons. The van der Waals surface area contributed by atoms with Gasteiger partial charge in [-0.1, -0.05) is 6.42 Å². The standard InChI is InChI=1S/C13H23NO3/c1-10-8-12(5-7-17-10)14-6-3-2-4-11(14)9-13(15)16/h10-12H,2-9H2,1H3,(H,15,16). The molecule has 4 heteroatoms. The summed E-state index contributed by atoms with van der Waals surface area (Å²) in [5, 5.41) is 8.98. The van der Waals surface area contributed by atoms with E-state index < -0.39 is 5.97 Å². The molecule has 4 nitrogen and oxygen atoms in total. The van der Waals surface area contributed by atoms with Crippen molar-refractivity contribution >= 4 is 5.97 Å². The number of carbonyl (C=O) groups is 1. The van der Waals surface area contributed by atoms with Crippen molar-refractivity contribution in [1.82, 2.24) is 4.90 Å². The number of carboxylic acids is 1. The number of carboxylic acid groups (broad SMARTS) is 1. The van der Waals surface area contributed by atoms with Gasteiger partial charge in [0, 0.05) is 18.7 Å². The average Bonchev–Trinajstić information content (AvgIpc) is 2.29. The Kier molecular flexibility index (Phi) is 4.40. The van der Waals surface area contributed by atoms with E-state index in [1.54, 1.807) is 0 Å². The Morgan fingerprint density at radius 2 is 2.24 bits per heavy atom. The first kappa shape index (κ1) is 12.8. The van der Waals surface area contributed by atoms with E-state index in [-0.39, 0.29) is 6.04 Å². The molecule has 1 N–H and O–H groups in total. The van der Waals surface area contributed by atoms with Crippen LogP contribution in [0, 0.1) is 0 Å². The molecule has 3 atom stereocenters. The van der Waals surface area contributed by atoms with Gasteiger partial charge in [0.15, 0.2) is 0 Å². The Hall–Kier alpha value is -0.610. The number of ether oxygens (including phenoxy) is 1. The summed E-state index contributed by atoms with van der Waals surface area (Å²) in [7, 11) is 0. The topological polar surface area (TPSA) is 49.8 Å². The lowest BCUT2D eigenvalue weighted by atomic mass is 9.93. The van der Waals surface area contributed by atoms with Crippen LogP contribution in [0.2, 0.25) is 0 Å². The first-order chi connectivity index (χ1) is 8.16. The van der Waals surface area contributed by atoms with Crippen LogP contribution < -0.4 is 0 Å². The highest BCUT2D eigenvalue weighted by Gasteiger charge is 2.32. The molecule has 0 saturated carbocycles. The fraction of sp³-hybridized carbons (Fsp3) is 0.923. The first-order valence-electron chi connectivity index (χ1n) is 6.76. The van der Waals surface area contributed by atoms with E-state index in [1.807, 2.05) is 0 Å². The predicted molar refractivity (Wildman–Crippen MR) is 65.0 cm³/mol. The summed E-state index contributed by atoms with van der Waals surface area (Å²) in [6.07, 6.45) is 6.15. The van der Waals surface area contributed by atoms with Crippen LogP contribution in [0.4, 0.5) is 0 Å². The highest BCUT2D eigenvalue weighted by atomic mass is 16.5. The lowest BCUT2D eigenvalue weighted by Crippen LogP contribution is -2.50. The number of likely N-dealkylation sites (tertiary alicyclic amines) is 1. The maximum absolute atomic E-state index is 10.9. The molecule has 0 radical (unpaired) electrons. The molecular formula is C13H23NO3. The molecule has 0 spiro atoms. The van der Waals surface area contributed by atoms with Crippen molar-refractivity contribution in [3.63, 3.8) is 0 Å². The fourth-order valence-corrected chi connectivity index (χ4v) is 3.20. The molecule has 0 amide bonds. The van der Waals surface area contributed by atoms with Crippen molar-refractivity contribution in [2.24, 2.45) is 0 Å². The van der Waals surface area contributed by atoms with Gasteiger partial charge in [-0.15, -0.1) is 0 Å². The van der Waals surface area contributed by atoms with Gasteiger partial charge in [-0.25, -0.2) is 0 Å². The minimum absolute atomic E-state index is 0.247. The van der Waals surface area contributed by atoms with Crippen LogP contribution in [0.15, 0.2) is 0 Å². The van der Waals surface area contributed by atoms with Crippen LogP contribution in [0.5, 0.6) is 0 Å². The second-order valence-corrected chi connectivity index (χ2v) is 5.34. The van der Waals surface area contributed by atoms with Crippen LogP contribution in [0.1, 0.15) is 45.4 Å². The average molecular weight is 241 g/mol. The molecule has 0 aromatic heterocycles. The number of nitrogens with zero attached hydrogens (tertiary/aromatic N) is 1. The first-order valence-corrected chi connectivity index (χ1v) is 6.76. The molecule has 2 rings (SSSR count). The zero-order valence-corrected chi connectivity index (χ0v) is 10.6. The van der Waals surface area contributed by atoms with Gasteiger partial charge in [-0.2, -0.15) is 0 Å². The van der Waals surface area contributed by atoms with Gasteiger partial charge in [0.05, 0.1) is 12.5 Å². The number of hydrogen-bond acceptors (Lipinski definition) is 3. The summed E-state index contributed by atoms with van der Waals surface area (Å²) in [5.41, 5.74) is 0. The summed E-state index contributed by atoms with van der Waals surface area (Å²) in [6, 6.07) is 0.778. The SMILES string of the molecule is CC1CC(N2CCCCC2CC(=O)O)CCO1. The van der Waals surface area contributed by atoms with E-state index >= 15 is 0 Å². The quantitative estimate of drug-likeness (QED) is 0.819. The van der Waals surface area contributed by atoms with Crippen LogP contribution in [-0.2, 0) is 9.53 Å². The summed E-state index contributed by atoms with van der Waals surface area (Å²) >= 11 is 0. The van der Waals surface area contributed by atoms with Crippen molar-refractivity contribution in [3.8, 4) is 0 Å². The minimum atomic E-state index is -0.665. The molecule has 2 aliphatic rings. The van der Waals surface area contributed by atoms with E-state index in [0.29, 0.717) is 18.6 Å². The highest BCUT2D eigenvalue weighted by molar-refractivity contribution is 5.67. The number of hydrogen-bond donors (Lipinski definition) is 1. The Labute approximate surface area is 103 Å². The molecule has 3 unspecified atom stereocenters. The van der Waals surface area contributed by atoms with Crippen molar-refractivity contribution in [2.45, 2.75) is 63.6 Å². The van der Waals surface area contributed by atoms with Crippen molar-refractivity contribution in [2.75, 3.05) is 13.2 Å². The third-order valence-corrected chi connectivity index (χ3v) is 4.01. The molecule has 2 saturated heterocycles. The lowest BCUT2D eigenvalue weighted by molar-refractivity contribution is -0.139. The fourth-order valence-electron chi connectivity index (χ4n) is 3.20. The van der Waals surface area contributed by atoms with E-state index in [9.17, 15) is 4.79 Å². The van der Waals surface area contributed by atoms with Crippen LogP contribution in [0.3, 0.4) is 0 Å². The molecular weight excluding hydrogens is 218 g/mol. The monoisotopic (exact) mass is 241 g/mol. The molecule has 2 fully saturated rings. The van der Waals surface area contributed by atoms with Crippen molar-refractivity contribution < 1.29 is 14.6 Å².